The second kappa shape index (κ2) is 5.84. The van der Waals surface area contributed by atoms with Gasteiger partial charge in [0.1, 0.15) is 18.0 Å². The number of nitrogens with zero attached hydrogens (tertiary/aromatic N) is 2. The lowest BCUT2D eigenvalue weighted by Crippen LogP contribution is -2.01. The van der Waals surface area contributed by atoms with Crippen molar-refractivity contribution in [1.82, 2.24) is 9.97 Å². The van der Waals surface area contributed by atoms with Crippen molar-refractivity contribution in [2.45, 2.75) is 20.8 Å². The standard InChI is InChI=1S/C13H18N4/c1-5-11(6-10(4)9(2)3)17-13-7-12(14)15-8-16-13/h5-8H,1H2,2-4H3,(H3,14,15,16,17)/b11-6+. The minimum absolute atomic E-state index is 0.435. The molecule has 4 nitrogen and oxygen atoms in total. The van der Waals surface area contributed by atoms with Crippen molar-refractivity contribution < 1.29 is 0 Å². The molecule has 1 heterocycles. The largest absolute Gasteiger partial charge is 0.384 e. The molecule has 0 bridgehead atoms. The predicted molar refractivity (Wildman–Crippen MR) is 72.4 cm³/mol. The van der Waals surface area contributed by atoms with Crippen molar-refractivity contribution in [3.8, 4) is 0 Å². The molecule has 4 heteroatoms. The first-order valence-electron chi connectivity index (χ1n) is 5.35. The van der Waals surface area contributed by atoms with Crippen LogP contribution < -0.4 is 11.1 Å². The summed E-state index contributed by atoms with van der Waals surface area (Å²) in [4.78, 5) is 7.91. The van der Waals surface area contributed by atoms with Crippen LogP contribution in [0.5, 0.6) is 0 Å². The molecule has 3 N–H and O–H groups in total. The minimum Gasteiger partial charge on any atom is -0.384 e. The summed E-state index contributed by atoms with van der Waals surface area (Å²) in [7, 11) is 0. The average Bonchev–Trinajstić information content (AvgIpc) is 2.27. The van der Waals surface area contributed by atoms with Crippen LogP contribution >= 0.6 is 0 Å². The monoisotopic (exact) mass is 230 g/mol. The minimum atomic E-state index is 0.435. The van der Waals surface area contributed by atoms with Gasteiger partial charge in [-0.25, -0.2) is 9.97 Å². The number of nitrogens with two attached hydrogens (primary N) is 1. The number of aromatic nitrogens is 2. The molecule has 0 aliphatic heterocycles. The van der Waals surface area contributed by atoms with Gasteiger partial charge in [-0.3, -0.25) is 0 Å². The van der Waals surface area contributed by atoms with E-state index in [1.165, 1.54) is 17.5 Å². The summed E-state index contributed by atoms with van der Waals surface area (Å²) in [5, 5.41) is 3.13. The number of nitrogen functional groups attached to an aromatic ring is 1. The predicted octanol–water partition coefficient (Wildman–Crippen LogP) is 2.90. The van der Waals surface area contributed by atoms with Gasteiger partial charge in [-0.05, 0) is 32.9 Å². The van der Waals surface area contributed by atoms with Crippen LogP contribution in [0.25, 0.3) is 0 Å². The normalized spacial score (nSPS) is 10.9. The van der Waals surface area contributed by atoms with Crippen LogP contribution in [0.3, 0.4) is 0 Å². The van der Waals surface area contributed by atoms with Gasteiger partial charge < -0.3 is 11.1 Å². The lowest BCUT2D eigenvalue weighted by atomic mass is 10.1. The first-order chi connectivity index (χ1) is 8.02. The molecule has 90 valence electrons. The summed E-state index contributed by atoms with van der Waals surface area (Å²) in [6, 6.07) is 1.68. The molecule has 0 radical (unpaired) electrons. The molecular weight excluding hydrogens is 212 g/mol. The Morgan fingerprint density at radius 2 is 2.06 bits per heavy atom. The van der Waals surface area contributed by atoms with Gasteiger partial charge in [0, 0.05) is 11.8 Å². The van der Waals surface area contributed by atoms with Gasteiger partial charge in [0.2, 0.25) is 0 Å². The number of hydrogen-bond acceptors (Lipinski definition) is 4. The van der Waals surface area contributed by atoms with Crippen molar-refractivity contribution in [1.29, 1.82) is 0 Å². The summed E-state index contributed by atoms with van der Waals surface area (Å²) in [6.45, 7) is 9.94. The molecule has 0 saturated carbocycles. The van der Waals surface area contributed by atoms with Crippen LogP contribution in [0.15, 0.2) is 48.0 Å². The molecule has 1 aromatic heterocycles. The fourth-order valence-electron chi connectivity index (χ4n) is 1.11. The maximum atomic E-state index is 5.58. The Labute approximate surface area is 102 Å². The molecule has 1 aromatic rings. The van der Waals surface area contributed by atoms with Crippen molar-refractivity contribution in [3.63, 3.8) is 0 Å². The van der Waals surface area contributed by atoms with E-state index < -0.39 is 0 Å². The Hall–Kier alpha value is -2.10. The zero-order valence-electron chi connectivity index (χ0n) is 10.5. The summed E-state index contributed by atoms with van der Waals surface area (Å²) >= 11 is 0. The van der Waals surface area contributed by atoms with E-state index in [1.807, 2.05) is 6.08 Å². The van der Waals surface area contributed by atoms with Gasteiger partial charge in [-0.2, -0.15) is 0 Å². The number of anilines is 2. The third kappa shape index (κ3) is 4.10. The first-order valence-corrected chi connectivity index (χ1v) is 5.35. The fraction of sp³-hybridized carbons (Fsp3) is 0.231. The van der Waals surface area contributed by atoms with Crippen LogP contribution in [0.4, 0.5) is 11.6 Å². The highest BCUT2D eigenvalue weighted by Gasteiger charge is 1.98. The van der Waals surface area contributed by atoms with E-state index in [0.717, 1.165) is 5.70 Å². The van der Waals surface area contributed by atoms with Crippen molar-refractivity contribution in [2.75, 3.05) is 11.1 Å². The SMILES string of the molecule is C=C/C(=C\C(C)=C(C)C)Nc1cc(N)ncn1. The maximum absolute atomic E-state index is 5.58. The molecule has 0 spiro atoms. The molecule has 0 aromatic carbocycles. The molecule has 17 heavy (non-hydrogen) atoms. The topological polar surface area (TPSA) is 63.8 Å². The summed E-state index contributed by atoms with van der Waals surface area (Å²) < 4.78 is 0. The van der Waals surface area contributed by atoms with Gasteiger partial charge in [-0.1, -0.05) is 17.7 Å². The first kappa shape index (κ1) is 13.0. The molecule has 1 rings (SSSR count). The summed E-state index contributed by atoms with van der Waals surface area (Å²) in [5.41, 5.74) is 8.90. The highest BCUT2D eigenvalue weighted by Crippen LogP contribution is 2.12. The molecule has 0 atom stereocenters. The molecule has 0 amide bonds. The molecular formula is C13H18N4. The second-order valence-corrected chi connectivity index (χ2v) is 3.94. The number of allylic oxidation sites excluding steroid dienone is 4. The third-order valence-electron chi connectivity index (χ3n) is 2.34. The Bertz CT molecular complexity index is 468. The van der Waals surface area contributed by atoms with E-state index in [0.29, 0.717) is 11.6 Å². The molecule has 0 aliphatic carbocycles. The number of rotatable bonds is 4. The van der Waals surface area contributed by atoms with E-state index in [4.69, 9.17) is 5.73 Å². The van der Waals surface area contributed by atoms with Crippen molar-refractivity contribution >= 4 is 11.6 Å². The van der Waals surface area contributed by atoms with Crippen molar-refractivity contribution in [3.05, 3.63) is 48.0 Å². The van der Waals surface area contributed by atoms with E-state index in [-0.39, 0.29) is 0 Å². The highest BCUT2D eigenvalue weighted by molar-refractivity contribution is 5.50. The van der Waals surface area contributed by atoms with Crippen LogP contribution in [0, 0.1) is 0 Å². The van der Waals surface area contributed by atoms with E-state index in [1.54, 1.807) is 12.1 Å². The van der Waals surface area contributed by atoms with E-state index in [2.05, 4.69) is 42.6 Å². The lowest BCUT2D eigenvalue weighted by Gasteiger charge is -2.07. The highest BCUT2D eigenvalue weighted by atomic mass is 15.0. The van der Waals surface area contributed by atoms with Crippen LogP contribution in [0.1, 0.15) is 20.8 Å². The summed E-state index contributed by atoms with van der Waals surface area (Å²) in [6.07, 6.45) is 5.18. The van der Waals surface area contributed by atoms with Crippen LogP contribution in [-0.2, 0) is 0 Å². The average molecular weight is 230 g/mol. The zero-order valence-corrected chi connectivity index (χ0v) is 10.5. The molecule has 0 saturated heterocycles. The lowest BCUT2D eigenvalue weighted by molar-refractivity contribution is 1.17. The molecule has 0 unspecified atom stereocenters. The Morgan fingerprint density at radius 3 is 2.59 bits per heavy atom. The van der Waals surface area contributed by atoms with Crippen LogP contribution in [0.2, 0.25) is 0 Å². The van der Waals surface area contributed by atoms with E-state index >= 15 is 0 Å². The Balaban J connectivity index is 2.92. The summed E-state index contributed by atoms with van der Waals surface area (Å²) in [5.74, 6) is 1.09. The van der Waals surface area contributed by atoms with Gasteiger partial charge in [0.15, 0.2) is 0 Å². The van der Waals surface area contributed by atoms with Crippen LogP contribution in [-0.4, -0.2) is 9.97 Å². The Kier molecular flexibility index (Phi) is 4.46. The van der Waals surface area contributed by atoms with Crippen molar-refractivity contribution in [2.24, 2.45) is 0 Å². The zero-order chi connectivity index (χ0) is 12.8. The molecule has 0 aliphatic rings. The van der Waals surface area contributed by atoms with E-state index in [9.17, 15) is 0 Å². The molecule has 0 fully saturated rings. The number of nitrogens with one attached hydrogen (secondary N) is 1. The van der Waals surface area contributed by atoms with Gasteiger partial charge in [0.05, 0.1) is 0 Å². The van der Waals surface area contributed by atoms with Gasteiger partial charge in [-0.15, -0.1) is 0 Å². The smallest absolute Gasteiger partial charge is 0.135 e. The quantitative estimate of drug-likeness (QED) is 0.781. The fourth-order valence-corrected chi connectivity index (χ4v) is 1.11. The van der Waals surface area contributed by atoms with Gasteiger partial charge >= 0.3 is 0 Å². The number of hydrogen-bond donors (Lipinski definition) is 2. The second-order valence-electron chi connectivity index (χ2n) is 3.94. The maximum Gasteiger partial charge on any atom is 0.135 e. The Morgan fingerprint density at radius 1 is 1.35 bits per heavy atom. The van der Waals surface area contributed by atoms with Gasteiger partial charge in [0.25, 0.3) is 0 Å². The third-order valence-corrected chi connectivity index (χ3v) is 2.34.